The van der Waals surface area contributed by atoms with Gasteiger partial charge >= 0.3 is 0 Å². The summed E-state index contributed by atoms with van der Waals surface area (Å²) in [5.41, 5.74) is 4.72. The van der Waals surface area contributed by atoms with Gasteiger partial charge in [0.25, 0.3) is 0 Å². The van der Waals surface area contributed by atoms with E-state index in [1.807, 2.05) is 36.4 Å². The topological polar surface area (TPSA) is 92.0 Å². The van der Waals surface area contributed by atoms with Gasteiger partial charge in [0.15, 0.2) is 18.1 Å². The van der Waals surface area contributed by atoms with Crippen molar-refractivity contribution in [1.29, 1.82) is 0 Å². The van der Waals surface area contributed by atoms with Crippen LogP contribution in [-0.2, 0) is 18.0 Å². The average molecular weight is 430 g/mol. The maximum atomic E-state index is 5.52. The summed E-state index contributed by atoms with van der Waals surface area (Å²) in [5.74, 6) is 2.19. The van der Waals surface area contributed by atoms with E-state index in [0.717, 1.165) is 45.0 Å². The minimum absolute atomic E-state index is 0.154. The van der Waals surface area contributed by atoms with E-state index < -0.39 is 0 Å². The van der Waals surface area contributed by atoms with Crippen LogP contribution in [0.3, 0.4) is 0 Å². The molecule has 0 radical (unpaired) electrons. The first kappa shape index (κ1) is 19.8. The fourth-order valence-corrected chi connectivity index (χ4v) is 3.67. The molecule has 0 N–H and O–H groups in total. The molecule has 162 valence electrons. The largest absolute Gasteiger partial charge is 0.497 e. The molecule has 4 heterocycles. The number of methoxy groups -OCH3 is 1. The van der Waals surface area contributed by atoms with Gasteiger partial charge in [-0.05, 0) is 61.4 Å². The molecule has 0 atom stereocenters. The second kappa shape index (κ2) is 8.18. The number of aromatic nitrogens is 5. The monoisotopic (exact) mass is 430 g/mol. The van der Waals surface area contributed by atoms with Crippen molar-refractivity contribution in [2.45, 2.75) is 27.0 Å². The fourth-order valence-electron chi connectivity index (χ4n) is 3.67. The van der Waals surface area contributed by atoms with Crippen LogP contribution in [-0.4, -0.2) is 37.5 Å². The van der Waals surface area contributed by atoms with Crippen LogP contribution < -0.4 is 4.74 Å². The lowest BCUT2D eigenvalue weighted by Crippen LogP contribution is -2.02. The Morgan fingerprint density at radius 2 is 1.97 bits per heavy atom. The molecular weight excluding hydrogens is 408 g/mol. The summed E-state index contributed by atoms with van der Waals surface area (Å²) in [6.07, 6.45) is 4.99. The van der Waals surface area contributed by atoms with Gasteiger partial charge in [0.1, 0.15) is 23.5 Å². The van der Waals surface area contributed by atoms with Crippen LogP contribution in [0.15, 0.2) is 58.6 Å². The van der Waals surface area contributed by atoms with Gasteiger partial charge in [-0.15, -0.1) is 5.10 Å². The first-order chi connectivity index (χ1) is 15.6. The molecule has 0 unspecified atom stereocenters. The van der Waals surface area contributed by atoms with Crippen molar-refractivity contribution in [1.82, 2.24) is 24.1 Å². The minimum Gasteiger partial charge on any atom is -0.497 e. The van der Waals surface area contributed by atoms with Gasteiger partial charge in [-0.25, -0.2) is 14.5 Å². The maximum absolute atomic E-state index is 5.52. The van der Waals surface area contributed by atoms with Gasteiger partial charge in [0, 0.05) is 5.69 Å². The molecule has 0 saturated carbocycles. The number of furan rings is 1. The summed E-state index contributed by atoms with van der Waals surface area (Å²) in [5, 5.41) is 9.47. The van der Waals surface area contributed by atoms with Gasteiger partial charge in [-0.3, -0.25) is 0 Å². The van der Waals surface area contributed by atoms with Crippen LogP contribution in [0.5, 0.6) is 5.75 Å². The van der Waals surface area contributed by atoms with Crippen molar-refractivity contribution < 1.29 is 14.0 Å². The molecular formula is C23H22N6O3. The lowest BCUT2D eigenvalue weighted by Gasteiger charge is -2.05. The highest BCUT2D eigenvalue weighted by atomic mass is 16.6. The summed E-state index contributed by atoms with van der Waals surface area (Å²) in [7, 11) is 1.63. The van der Waals surface area contributed by atoms with E-state index in [2.05, 4.69) is 38.6 Å². The third kappa shape index (κ3) is 3.58. The molecule has 0 bridgehead atoms. The molecule has 5 aromatic rings. The number of rotatable bonds is 7. The standard InChI is InChI=1S/C23H22N6O3/c1-15-16(2)28(12-19-5-4-10-31-19)22-21(15)23-26-20(27-29(23)14-24-22)13-32-25-11-17-6-8-18(30-3)9-7-17/h4-11,14H,12-13H2,1-3H3. The number of ether oxygens (including phenoxy) is 1. The lowest BCUT2D eigenvalue weighted by molar-refractivity contribution is 0.126. The predicted molar refractivity (Wildman–Crippen MR) is 119 cm³/mol. The summed E-state index contributed by atoms with van der Waals surface area (Å²) >= 11 is 0. The van der Waals surface area contributed by atoms with Crippen molar-refractivity contribution in [2.24, 2.45) is 5.16 Å². The molecule has 0 aliphatic carbocycles. The molecule has 9 nitrogen and oxygen atoms in total. The summed E-state index contributed by atoms with van der Waals surface area (Å²) in [6, 6.07) is 11.4. The summed E-state index contributed by atoms with van der Waals surface area (Å²) in [6.45, 7) is 4.91. The van der Waals surface area contributed by atoms with Gasteiger partial charge < -0.3 is 18.6 Å². The van der Waals surface area contributed by atoms with E-state index in [-0.39, 0.29) is 6.61 Å². The smallest absolute Gasteiger partial charge is 0.192 e. The first-order valence-corrected chi connectivity index (χ1v) is 10.2. The predicted octanol–water partition coefficient (Wildman–Crippen LogP) is 3.90. The van der Waals surface area contributed by atoms with Gasteiger partial charge in [0.05, 0.1) is 31.5 Å². The summed E-state index contributed by atoms with van der Waals surface area (Å²) < 4.78 is 14.5. The minimum atomic E-state index is 0.154. The van der Waals surface area contributed by atoms with Gasteiger partial charge in [-0.1, -0.05) is 5.16 Å². The van der Waals surface area contributed by atoms with Crippen LogP contribution in [0.25, 0.3) is 16.7 Å². The normalized spacial score (nSPS) is 11.7. The third-order valence-electron chi connectivity index (χ3n) is 5.47. The van der Waals surface area contributed by atoms with Crippen molar-refractivity contribution in [3.63, 3.8) is 0 Å². The van der Waals surface area contributed by atoms with E-state index in [1.54, 1.807) is 30.4 Å². The first-order valence-electron chi connectivity index (χ1n) is 10.2. The highest BCUT2D eigenvalue weighted by Gasteiger charge is 2.18. The number of hydrogen-bond acceptors (Lipinski definition) is 7. The molecule has 1 aromatic carbocycles. The maximum Gasteiger partial charge on any atom is 0.192 e. The zero-order valence-corrected chi connectivity index (χ0v) is 18.0. The number of hydrogen-bond donors (Lipinski definition) is 0. The molecule has 32 heavy (non-hydrogen) atoms. The Hall–Kier alpha value is -4.14. The second-order valence-corrected chi connectivity index (χ2v) is 7.40. The number of oxime groups is 1. The highest BCUT2D eigenvalue weighted by Crippen LogP contribution is 2.27. The molecule has 0 spiro atoms. The zero-order chi connectivity index (χ0) is 22.1. The SMILES string of the molecule is COc1ccc(C=NOCc2nc3c4c(C)c(C)n(Cc5ccco5)c4ncn3n2)cc1. The van der Waals surface area contributed by atoms with E-state index in [4.69, 9.17) is 14.0 Å². The Bertz CT molecular complexity index is 1400. The van der Waals surface area contributed by atoms with Crippen LogP contribution in [0.2, 0.25) is 0 Å². The van der Waals surface area contributed by atoms with Crippen LogP contribution in [0, 0.1) is 13.8 Å². The van der Waals surface area contributed by atoms with E-state index in [0.29, 0.717) is 12.4 Å². The number of aryl methyl sites for hydroxylation is 1. The van der Waals surface area contributed by atoms with Crippen molar-refractivity contribution in [3.05, 3.63) is 77.4 Å². The molecule has 0 aliphatic heterocycles. The van der Waals surface area contributed by atoms with Gasteiger partial charge in [0.2, 0.25) is 0 Å². The Morgan fingerprint density at radius 1 is 1.12 bits per heavy atom. The summed E-state index contributed by atoms with van der Waals surface area (Å²) in [4.78, 5) is 14.7. The number of benzene rings is 1. The Morgan fingerprint density at radius 3 is 2.72 bits per heavy atom. The molecule has 9 heteroatoms. The van der Waals surface area contributed by atoms with Crippen LogP contribution in [0.4, 0.5) is 0 Å². The van der Waals surface area contributed by atoms with Crippen LogP contribution in [0.1, 0.15) is 28.4 Å². The average Bonchev–Trinajstić information content (AvgIpc) is 3.53. The Labute approximate surface area is 183 Å². The second-order valence-electron chi connectivity index (χ2n) is 7.40. The van der Waals surface area contributed by atoms with E-state index in [1.165, 1.54) is 0 Å². The highest BCUT2D eigenvalue weighted by molar-refractivity contribution is 5.93. The Kier molecular flexibility index (Phi) is 5.06. The van der Waals surface area contributed by atoms with E-state index in [9.17, 15) is 0 Å². The molecule has 0 saturated heterocycles. The molecule has 0 aliphatic rings. The van der Waals surface area contributed by atoms with Crippen LogP contribution >= 0.6 is 0 Å². The van der Waals surface area contributed by atoms with Gasteiger partial charge in [-0.2, -0.15) is 0 Å². The van der Waals surface area contributed by atoms with Crippen molar-refractivity contribution in [2.75, 3.05) is 7.11 Å². The third-order valence-corrected chi connectivity index (χ3v) is 5.47. The quantitative estimate of drug-likeness (QED) is 0.287. The van der Waals surface area contributed by atoms with Crippen molar-refractivity contribution >= 4 is 22.9 Å². The number of fused-ring (bicyclic) bond motifs is 3. The number of nitrogens with zero attached hydrogens (tertiary/aromatic N) is 6. The molecule has 0 fully saturated rings. The fraction of sp³-hybridized carbons (Fsp3) is 0.217. The zero-order valence-electron chi connectivity index (χ0n) is 18.0. The Balaban J connectivity index is 1.38. The molecule has 4 aromatic heterocycles. The lowest BCUT2D eigenvalue weighted by atomic mass is 10.2. The molecule has 5 rings (SSSR count). The van der Waals surface area contributed by atoms with Crippen molar-refractivity contribution in [3.8, 4) is 5.75 Å². The molecule has 0 amide bonds. The van der Waals surface area contributed by atoms with E-state index >= 15 is 0 Å².